The molecule has 0 unspecified atom stereocenters. The van der Waals surface area contributed by atoms with Gasteiger partial charge in [0.1, 0.15) is 0 Å². The summed E-state index contributed by atoms with van der Waals surface area (Å²) in [5, 5.41) is 3.52. The molecule has 3 rings (SSSR count). The van der Waals surface area contributed by atoms with Crippen LogP contribution in [0.5, 0.6) is 0 Å². The molecule has 1 N–H and O–H groups in total. The monoisotopic (exact) mass is 428 g/mol. The van der Waals surface area contributed by atoms with Crippen LogP contribution in [0.25, 0.3) is 0 Å². The van der Waals surface area contributed by atoms with Crippen molar-refractivity contribution >= 4 is 35.6 Å². The van der Waals surface area contributed by atoms with Gasteiger partial charge in [-0.25, -0.2) is 0 Å². The molecule has 1 aliphatic heterocycles. The first-order valence-corrected chi connectivity index (χ1v) is 8.34. The first kappa shape index (κ1) is 18.4. The molecule has 2 aliphatic rings. The number of nitrogens with one attached hydrogen (secondary N) is 1. The average Bonchev–Trinajstić information content (AvgIpc) is 2.94. The lowest BCUT2D eigenvalue weighted by Gasteiger charge is -2.38. The van der Waals surface area contributed by atoms with Crippen LogP contribution in [0.15, 0.2) is 29.3 Å². The van der Waals surface area contributed by atoms with Gasteiger partial charge in [0.15, 0.2) is 5.96 Å². The lowest BCUT2D eigenvalue weighted by atomic mass is 9.68. The average molecular weight is 428 g/mol. The van der Waals surface area contributed by atoms with E-state index in [1.807, 2.05) is 7.05 Å². The van der Waals surface area contributed by atoms with Crippen LogP contribution in [-0.4, -0.2) is 45.1 Å². The Morgan fingerprint density at radius 3 is 2.39 bits per heavy atom. The van der Waals surface area contributed by atoms with Crippen molar-refractivity contribution in [3.05, 3.63) is 29.8 Å². The maximum Gasteiger partial charge on any atom is 0.193 e. The minimum absolute atomic E-state index is 0. The van der Waals surface area contributed by atoms with E-state index in [1.165, 1.54) is 43.5 Å². The van der Waals surface area contributed by atoms with Crippen LogP contribution in [0.1, 0.15) is 31.2 Å². The molecule has 2 fully saturated rings. The molecule has 0 aromatic heterocycles. The summed E-state index contributed by atoms with van der Waals surface area (Å²) >= 11 is 0. The van der Waals surface area contributed by atoms with E-state index in [4.69, 9.17) is 0 Å². The van der Waals surface area contributed by atoms with Crippen LogP contribution >= 0.6 is 24.0 Å². The van der Waals surface area contributed by atoms with Gasteiger partial charge in [-0.15, -0.1) is 24.0 Å². The summed E-state index contributed by atoms with van der Waals surface area (Å²) in [4.78, 5) is 9.04. The molecule has 1 aliphatic carbocycles. The molecule has 5 heteroatoms. The molecular weight excluding hydrogens is 399 g/mol. The number of benzene rings is 1. The molecule has 0 amide bonds. The number of hydrogen-bond acceptors (Lipinski definition) is 2. The Labute approximate surface area is 157 Å². The van der Waals surface area contributed by atoms with Gasteiger partial charge in [0.2, 0.25) is 0 Å². The van der Waals surface area contributed by atoms with Crippen molar-refractivity contribution < 1.29 is 0 Å². The summed E-state index contributed by atoms with van der Waals surface area (Å²) in [5.41, 5.74) is 3.15. The Hall–Kier alpha value is -0.980. The second-order valence-corrected chi connectivity index (χ2v) is 6.99. The van der Waals surface area contributed by atoms with Gasteiger partial charge in [-0.2, -0.15) is 0 Å². The fourth-order valence-corrected chi connectivity index (χ4v) is 3.63. The highest BCUT2D eigenvalue weighted by Gasteiger charge is 2.43. The zero-order valence-electron chi connectivity index (χ0n) is 14.5. The molecule has 1 spiro atoms. The van der Waals surface area contributed by atoms with Crippen molar-refractivity contribution in [2.45, 2.75) is 32.2 Å². The number of likely N-dealkylation sites (tertiary alicyclic amines) is 1. The molecule has 1 aromatic carbocycles. The summed E-state index contributed by atoms with van der Waals surface area (Å²) in [6.07, 6.45) is 5.57. The minimum Gasteiger partial charge on any atom is -0.378 e. The molecule has 1 aromatic rings. The van der Waals surface area contributed by atoms with E-state index in [9.17, 15) is 0 Å². The van der Waals surface area contributed by atoms with E-state index in [1.54, 1.807) is 0 Å². The van der Waals surface area contributed by atoms with Crippen LogP contribution in [0.2, 0.25) is 0 Å². The predicted octanol–water partition coefficient (Wildman–Crippen LogP) is 3.32. The van der Waals surface area contributed by atoms with Crippen molar-refractivity contribution in [1.82, 2.24) is 10.2 Å². The van der Waals surface area contributed by atoms with Gasteiger partial charge in [-0.3, -0.25) is 4.99 Å². The predicted molar refractivity (Wildman–Crippen MR) is 109 cm³/mol. The molecule has 4 nitrogen and oxygen atoms in total. The Kier molecular flexibility index (Phi) is 6.17. The number of aliphatic imine (C=N–C) groups is 1. The summed E-state index contributed by atoms with van der Waals surface area (Å²) in [7, 11) is 6.03. The van der Waals surface area contributed by atoms with Gasteiger partial charge in [0, 0.05) is 46.5 Å². The quantitative estimate of drug-likeness (QED) is 0.455. The van der Waals surface area contributed by atoms with E-state index in [0.29, 0.717) is 5.41 Å². The largest absolute Gasteiger partial charge is 0.378 e. The highest BCUT2D eigenvalue weighted by atomic mass is 127. The minimum atomic E-state index is 0. The maximum absolute atomic E-state index is 4.48. The molecule has 23 heavy (non-hydrogen) atoms. The highest BCUT2D eigenvalue weighted by Crippen LogP contribution is 2.47. The highest BCUT2D eigenvalue weighted by molar-refractivity contribution is 14.0. The third-order valence-electron chi connectivity index (χ3n) is 5.27. The summed E-state index contributed by atoms with van der Waals surface area (Å²) < 4.78 is 0. The topological polar surface area (TPSA) is 30.9 Å². The summed E-state index contributed by atoms with van der Waals surface area (Å²) in [6, 6.07) is 8.71. The van der Waals surface area contributed by atoms with Gasteiger partial charge in [0.05, 0.1) is 0 Å². The Morgan fingerprint density at radius 2 is 1.91 bits per heavy atom. The Morgan fingerprint density at radius 1 is 1.22 bits per heavy atom. The van der Waals surface area contributed by atoms with Crippen LogP contribution in [0.4, 0.5) is 5.69 Å². The first-order chi connectivity index (χ1) is 10.6. The lowest BCUT2D eigenvalue weighted by Crippen LogP contribution is -2.42. The normalized spacial score (nSPS) is 19.3. The van der Waals surface area contributed by atoms with Crippen molar-refractivity contribution in [2.75, 3.05) is 39.1 Å². The molecule has 1 saturated heterocycles. The smallest absolute Gasteiger partial charge is 0.193 e. The van der Waals surface area contributed by atoms with Crippen molar-refractivity contribution in [3.8, 4) is 0 Å². The summed E-state index contributed by atoms with van der Waals surface area (Å²) in [5.74, 6) is 1.06. The fraction of sp³-hybridized carbons (Fsp3) is 0.611. The molecular formula is C18H29IN4. The maximum atomic E-state index is 4.48. The molecule has 0 atom stereocenters. The Balaban J connectivity index is 0.00000192. The number of rotatable bonds is 3. The lowest BCUT2D eigenvalue weighted by molar-refractivity contribution is 0.151. The molecule has 128 valence electrons. The fourth-order valence-electron chi connectivity index (χ4n) is 3.63. The van der Waals surface area contributed by atoms with Gasteiger partial charge >= 0.3 is 0 Å². The van der Waals surface area contributed by atoms with Crippen LogP contribution in [0.3, 0.4) is 0 Å². The number of hydrogen-bond donors (Lipinski definition) is 1. The second-order valence-electron chi connectivity index (χ2n) is 6.99. The number of anilines is 1. The third-order valence-corrected chi connectivity index (χ3v) is 5.27. The Bertz CT molecular complexity index is 534. The van der Waals surface area contributed by atoms with E-state index >= 15 is 0 Å². The van der Waals surface area contributed by atoms with E-state index in [-0.39, 0.29) is 24.0 Å². The number of guanidine groups is 1. The number of nitrogens with zero attached hydrogens (tertiary/aromatic N) is 3. The van der Waals surface area contributed by atoms with Crippen molar-refractivity contribution in [1.29, 1.82) is 0 Å². The molecule has 0 radical (unpaired) electrons. The zero-order valence-corrected chi connectivity index (χ0v) is 16.8. The van der Waals surface area contributed by atoms with Gasteiger partial charge in [-0.05, 0) is 42.4 Å². The van der Waals surface area contributed by atoms with E-state index in [0.717, 1.165) is 19.0 Å². The van der Waals surface area contributed by atoms with Crippen molar-refractivity contribution in [2.24, 2.45) is 10.4 Å². The van der Waals surface area contributed by atoms with E-state index in [2.05, 4.69) is 58.5 Å². The van der Waals surface area contributed by atoms with Crippen LogP contribution in [-0.2, 0) is 6.54 Å². The summed E-state index contributed by atoms with van der Waals surface area (Å²) in [6.45, 7) is 3.18. The van der Waals surface area contributed by atoms with Crippen LogP contribution < -0.4 is 10.2 Å². The second kappa shape index (κ2) is 7.73. The van der Waals surface area contributed by atoms with E-state index < -0.39 is 0 Å². The van der Waals surface area contributed by atoms with Gasteiger partial charge < -0.3 is 15.1 Å². The van der Waals surface area contributed by atoms with Crippen LogP contribution in [0, 0.1) is 5.41 Å². The number of halogens is 1. The molecule has 1 saturated carbocycles. The third kappa shape index (κ3) is 4.11. The first-order valence-electron chi connectivity index (χ1n) is 8.34. The van der Waals surface area contributed by atoms with Gasteiger partial charge in [0.25, 0.3) is 0 Å². The van der Waals surface area contributed by atoms with Crippen molar-refractivity contribution in [3.63, 3.8) is 0 Å². The molecule has 0 bridgehead atoms. The standard InChI is InChI=1S/C18H28N4.HI/c1-19-17(22-12-11-18(14-22)9-4-10-18)20-13-15-5-7-16(8-6-15)21(2)3;/h5-8H,4,9-14H2,1-3H3,(H,19,20);1H. The SMILES string of the molecule is CN=C(NCc1ccc(N(C)C)cc1)N1CCC2(CCC2)C1.I. The zero-order chi connectivity index (χ0) is 15.6. The molecule has 1 heterocycles. The van der Waals surface area contributed by atoms with Gasteiger partial charge in [-0.1, -0.05) is 18.6 Å².